The van der Waals surface area contributed by atoms with Crippen molar-refractivity contribution in [3.63, 3.8) is 0 Å². The molecule has 2 rings (SSSR count). The first-order chi connectivity index (χ1) is 13.6. The maximum absolute atomic E-state index is 12.9. The SMILES string of the molecule is CCn1[nH]c(=O)c(N[C@@H](C)C(C)C)c(Nc2cccc(C(=O)N(C)C)c2O)c1=O. The number of para-hydroxylation sites is 1. The Balaban J connectivity index is 2.62. The second kappa shape index (κ2) is 8.85. The van der Waals surface area contributed by atoms with E-state index in [2.05, 4.69) is 15.7 Å². The molecule has 9 heteroatoms. The number of hydrogen-bond donors (Lipinski definition) is 4. The van der Waals surface area contributed by atoms with Crippen LogP contribution in [-0.4, -0.2) is 45.8 Å². The topological polar surface area (TPSA) is 119 Å². The molecule has 2 aromatic rings. The number of aromatic amines is 1. The quantitative estimate of drug-likeness (QED) is 0.526. The number of amides is 1. The van der Waals surface area contributed by atoms with E-state index in [1.54, 1.807) is 27.1 Å². The number of nitrogens with zero attached hydrogens (tertiary/aromatic N) is 2. The van der Waals surface area contributed by atoms with Crippen molar-refractivity contribution in [2.45, 2.75) is 40.3 Å². The number of aromatic nitrogens is 2. The van der Waals surface area contributed by atoms with Gasteiger partial charge in [-0.2, -0.15) is 0 Å². The highest BCUT2D eigenvalue weighted by molar-refractivity contribution is 5.98. The molecule has 0 saturated heterocycles. The first-order valence-corrected chi connectivity index (χ1v) is 9.52. The Morgan fingerprint density at radius 3 is 2.41 bits per heavy atom. The number of benzene rings is 1. The predicted octanol–water partition coefficient (Wildman–Crippen LogP) is 2.16. The number of rotatable bonds is 7. The second-order valence-electron chi connectivity index (χ2n) is 7.44. The molecule has 0 aliphatic heterocycles. The number of carbonyl (C=O) groups is 1. The number of aromatic hydroxyl groups is 1. The van der Waals surface area contributed by atoms with Crippen molar-refractivity contribution >= 4 is 23.0 Å². The molecule has 158 valence electrons. The van der Waals surface area contributed by atoms with Gasteiger partial charge in [0.15, 0.2) is 5.75 Å². The van der Waals surface area contributed by atoms with Crippen molar-refractivity contribution in [1.82, 2.24) is 14.7 Å². The van der Waals surface area contributed by atoms with Crippen molar-refractivity contribution in [1.29, 1.82) is 0 Å². The summed E-state index contributed by atoms with van der Waals surface area (Å²) in [5.74, 6) is -0.461. The fourth-order valence-corrected chi connectivity index (χ4v) is 2.65. The van der Waals surface area contributed by atoms with Crippen LogP contribution < -0.4 is 21.8 Å². The van der Waals surface area contributed by atoms with E-state index in [9.17, 15) is 19.5 Å². The molecular formula is C20H29N5O4. The van der Waals surface area contributed by atoms with Crippen LogP contribution in [0.4, 0.5) is 17.1 Å². The molecule has 1 aromatic carbocycles. The Bertz CT molecular complexity index is 1010. The summed E-state index contributed by atoms with van der Waals surface area (Å²) >= 11 is 0. The Hall–Kier alpha value is -3.23. The first kappa shape index (κ1) is 22.1. The van der Waals surface area contributed by atoms with Crippen molar-refractivity contribution in [2.24, 2.45) is 5.92 Å². The molecule has 0 bridgehead atoms. The molecule has 1 amide bonds. The van der Waals surface area contributed by atoms with Gasteiger partial charge in [-0.1, -0.05) is 19.9 Å². The molecule has 0 radical (unpaired) electrons. The van der Waals surface area contributed by atoms with E-state index >= 15 is 0 Å². The number of hydrogen-bond acceptors (Lipinski definition) is 6. The van der Waals surface area contributed by atoms with Crippen LogP contribution in [0.1, 0.15) is 38.1 Å². The number of H-pyrrole nitrogens is 1. The number of carbonyl (C=O) groups excluding carboxylic acids is 1. The molecule has 9 nitrogen and oxygen atoms in total. The van der Waals surface area contributed by atoms with Gasteiger partial charge in [0, 0.05) is 26.7 Å². The van der Waals surface area contributed by atoms with E-state index in [0.717, 1.165) is 0 Å². The van der Waals surface area contributed by atoms with Crippen LogP contribution in [0.15, 0.2) is 27.8 Å². The fraction of sp³-hybridized carbons (Fsp3) is 0.450. The molecule has 0 saturated carbocycles. The van der Waals surface area contributed by atoms with Crippen molar-refractivity contribution in [2.75, 3.05) is 24.7 Å². The molecule has 0 unspecified atom stereocenters. The Morgan fingerprint density at radius 1 is 1.21 bits per heavy atom. The summed E-state index contributed by atoms with van der Waals surface area (Å²) in [6, 6.07) is 4.54. The minimum atomic E-state index is -0.457. The summed E-state index contributed by atoms with van der Waals surface area (Å²) in [6.07, 6.45) is 0. The van der Waals surface area contributed by atoms with Gasteiger partial charge in [0.1, 0.15) is 11.4 Å². The molecule has 29 heavy (non-hydrogen) atoms. The number of anilines is 3. The summed E-state index contributed by atoms with van der Waals surface area (Å²) < 4.78 is 1.18. The smallest absolute Gasteiger partial charge is 0.291 e. The molecule has 4 N–H and O–H groups in total. The van der Waals surface area contributed by atoms with Gasteiger partial charge in [0.05, 0.1) is 11.3 Å². The van der Waals surface area contributed by atoms with Crippen LogP contribution in [0.2, 0.25) is 0 Å². The average molecular weight is 403 g/mol. The molecule has 1 atom stereocenters. The zero-order chi connectivity index (χ0) is 21.9. The van der Waals surface area contributed by atoms with Crippen LogP contribution >= 0.6 is 0 Å². The summed E-state index contributed by atoms with van der Waals surface area (Å²) in [7, 11) is 3.15. The van der Waals surface area contributed by atoms with Crippen LogP contribution in [0.5, 0.6) is 5.75 Å². The van der Waals surface area contributed by atoms with Gasteiger partial charge in [-0.05, 0) is 31.9 Å². The molecule has 0 aliphatic carbocycles. The van der Waals surface area contributed by atoms with E-state index in [1.807, 2.05) is 20.8 Å². The van der Waals surface area contributed by atoms with Crippen molar-refractivity contribution in [3.8, 4) is 5.75 Å². The maximum Gasteiger partial charge on any atom is 0.291 e. The average Bonchev–Trinajstić information content (AvgIpc) is 2.67. The van der Waals surface area contributed by atoms with Crippen LogP contribution in [0, 0.1) is 5.92 Å². The normalized spacial score (nSPS) is 12.0. The highest BCUT2D eigenvalue weighted by atomic mass is 16.3. The van der Waals surface area contributed by atoms with Gasteiger partial charge in [0.25, 0.3) is 17.0 Å². The summed E-state index contributed by atoms with van der Waals surface area (Å²) in [5.41, 5.74) is -0.567. The summed E-state index contributed by atoms with van der Waals surface area (Å²) in [5, 5.41) is 19.1. The van der Waals surface area contributed by atoms with Gasteiger partial charge >= 0.3 is 0 Å². The molecule has 0 spiro atoms. The van der Waals surface area contributed by atoms with Crippen LogP contribution in [0.25, 0.3) is 0 Å². The third-order valence-corrected chi connectivity index (χ3v) is 4.79. The lowest BCUT2D eigenvalue weighted by Gasteiger charge is -2.21. The lowest BCUT2D eigenvalue weighted by atomic mass is 10.1. The minimum Gasteiger partial charge on any atom is -0.505 e. The van der Waals surface area contributed by atoms with Gasteiger partial charge in [0.2, 0.25) is 0 Å². The summed E-state index contributed by atoms with van der Waals surface area (Å²) in [6.45, 7) is 7.91. The second-order valence-corrected chi connectivity index (χ2v) is 7.44. The highest BCUT2D eigenvalue weighted by Crippen LogP contribution is 2.31. The van der Waals surface area contributed by atoms with E-state index in [1.165, 1.54) is 21.7 Å². The summed E-state index contributed by atoms with van der Waals surface area (Å²) in [4.78, 5) is 39.2. The molecule has 1 aromatic heterocycles. The molecule has 0 fully saturated rings. The molecular weight excluding hydrogens is 374 g/mol. The zero-order valence-electron chi connectivity index (χ0n) is 17.7. The van der Waals surface area contributed by atoms with Crippen molar-refractivity contribution in [3.05, 3.63) is 44.5 Å². The first-order valence-electron chi connectivity index (χ1n) is 9.52. The van der Waals surface area contributed by atoms with E-state index in [-0.39, 0.29) is 52.8 Å². The Kier molecular flexibility index (Phi) is 6.73. The molecule has 1 heterocycles. The zero-order valence-corrected chi connectivity index (χ0v) is 17.7. The van der Waals surface area contributed by atoms with Gasteiger partial charge in [-0.3, -0.25) is 19.5 Å². The molecule has 0 aliphatic rings. The lowest BCUT2D eigenvalue weighted by Crippen LogP contribution is -2.35. The van der Waals surface area contributed by atoms with Gasteiger partial charge in [-0.15, -0.1) is 0 Å². The van der Waals surface area contributed by atoms with E-state index in [0.29, 0.717) is 0 Å². The number of nitrogens with one attached hydrogen (secondary N) is 3. The monoisotopic (exact) mass is 403 g/mol. The maximum atomic E-state index is 12.9. The standard InChI is InChI=1S/C20H29N5O4/c1-7-25-20(29)16(15(18(27)23-25)21-12(4)11(2)3)22-14-10-8-9-13(17(14)26)19(28)24(5)6/h8-12,21-22,26H,7H2,1-6H3,(H,23,27)/t12-/m0/s1. The minimum absolute atomic E-state index is 0.00727. The lowest BCUT2D eigenvalue weighted by molar-refractivity contribution is 0.0824. The third kappa shape index (κ3) is 4.61. The van der Waals surface area contributed by atoms with E-state index in [4.69, 9.17) is 0 Å². The third-order valence-electron chi connectivity index (χ3n) is 4.79. The van der Waals surface area contributed by atoms with Gasteiger partial charge < -0.3 is 20.6 Å². The van der Waals surface area contributed by atoms with Gasteiger partial charge in [-0.25, -0.2) is 4.68 Å². The fourth-order valence-electron chi connectivity index (χ4n) is 2.65. The van der Waals surface area contributed by atoms with E-state index < -0.39 is 11.1 Å². The van der Waals surface area contributed by atoms with Crippen LogP contribution in [-0.2, 0) is 6.54 Å². The number of phenolic OH excluding ortho intramolecular Hbond substituents is 1. The Morgan fingerprint density at radius 2 is 1.86 bits per heavy atom. The predicted molar refractivity (Wildman–Crippen MR) is 114 cm³/mol. The van der Waals surface area contributed by atoms with Crippen molar-refractivity contribution < 1.29 is 9.90 Å². The number of aryl methyl sites for hydroxylation is 1. The Labute approximate surface area is 169 Å². The number of phenols is 1. The van der Waals surface area contributed by atoms with Crippen LogP contribution in [0.3, 0.4) is 0 Å². The largest absolute Gasteiger partial charge is 0.505 e. The highest BCUT2D eigenvalue weighted by Gasteiger charge is 2.21.